The first-order valence-corrected chi connectivity index (χ1v) is 24.5. The van der Waals surface area contributed by atoms with E-state index < -0.39 is 18.1 Å². The van der Waals surface area contributed by atoms with Crippen molar-refractivity contribution < 1.29 is 38.2 Å². The van der Waals surface area contributed by atoms with Crippen molar-refractivity contribution in [2.24, 2.45) is 0 Å². The summed E-state index contributed by atoms with van der Waals surface area (Å²) in [4.78, 5) is 36.9. The zero-order valence-electron chi connectivity index (χ0n) is 39.2. The summed E-state index contributed by atoms with van der Waals surface area (Å²) < 4.78 is 17.1. The second kappa shape index (κ2) is 42.2. The van der Waals surface area contributed by atoms with E-state index in [9.17, 15) is 19.5 Å². The topological polar surface area (TPSA) is 102 Å². The first-order chi connectivity index (χ1) is 28.6. The van der Waals surface area contributed by atoms with Crippen LogP contribution in [0, 0.1) is 0 Å². The molecule has 0 heterocycles. The van der Waals surface area contributed by atoms with Crippen molar-refractivity contribution in [2.75, 3.05) is 41.0 Å². The highest BCUT2D eigenvalue weighted by molar-refractivity contribution is 5.70. The summed E-state index contributed by atoms with van der Waals surface area (Å²) in [7, 11) is 5.39. The summed E-state index contributed by atoms with van der Waals surface area (Å²) in [6, 6.07) is -0.734. The van der Waals surface area contributed by atoms with E-state index in [1.807, 2.05) is 6.08 Å². The number of aliphatic carboxylic acids is 1. The summed E-state index contributed by atoms with van der Waals surface area (Å²) >= 11 is 0. The molecule has 8 heteroatoms. The second-order valence-corrected chi connectivity index (χ2v) is 17.7. The summed E-state index contributed by atoms with van der Waals surface area (Å²) in [6.45, 7) is 4.60. The predicted molar refractivity (Wildman–Crippen MR) is 245 cm³/mol. The molecule has 0 rings (SSSR count). The molecule has 59 heavy (non-hydrogen) atoms. The lowest BCUT2D eigenvalue weighted by molar-refractivity contribution is -0.889. The monoisotopic (exact) mass is 832 g/mol. The van der Waals surface area contributed by atoms with E-state index >= 15 is 0 Å². The van der Waals surface area contributed by atoms with Gasteiger partial charge >= 0.3 is 11.9 Å². The molecule has 0 saturated carbocycles. The molecule has 2 atom stereocenters. The van der Waals surface area contributed by atoms with Gasteiger partial charge in [-0.3, -0.25) is 9.59 Å². The molecule has 0 aromatic carbocycles. The van der Waals surface area contributed by atoms with E-state index in [0.717, 1.165) is 32.1 Å². The lowest BCUT2D eigenvalue weighted by Crippen LogP contribution is -2.55. The highest BCUT2D eigenvalue weighted by Crippen LogP contribution is 2.14. The van der Waals surface area contributed by atoms with E-state index in [0.29, 0.717) is 12.8 Å². The Labute approximate surface area is 364 Å². The molecule has 0 aliphatic heterocycles. The van der Waals surface area contributed by atoms with Gasteiger partial charge in [0.05, 0.1) is 40.3 Å². The highest BCUT2D eigenvalue weighted by Gasteiger charge is 2.25. The Kier molecular flexibility index (Phi) is 40.5. The number of carboxylic acid groups (broad SMARTS) is 1. The molecule has 0 amide bonds. The van der Waals surface area contributed by atoms with Crippen molar-refractivity contribution in [3.63, 3.8) is 0 Å². The van der Waals surface area contributed by atoms with E-state index in [1.54, 1.807) is 21.1 Å². The molecular weight excluding hydrogens is 739 g/mol. The summed E-state index contributed by atoms with van der Waals surface area (Å²) in [5, 5.41) is 11.6. The van der Waals surface area contributed by atoms with E-state index in [1.165, 1.54) is 148 Å². The van der Waals surface area contributed by atoms with Gasteiger partial charge in [0, 0.05) is 19.3 Å². The number of carbonyl (C=O) groups is 3. The van der Waals surface area contributed by atoms with Gasteiger partial charge in [0.15, 0.2) is 6.10 Å². The Morgan fingerprint density at radius 1 is 0.508 bits per heavy atom. The van der Waals surface area contributed by atoms with Crippen molar-refractivity contribution in [3.8, 4) is 0 Å². The number of hydrogen-bond acceptors (Lipinski definition) is 7. The largest absolute Gasteiger partial charge is 0.544 e. The van der Waals surface area contributed by atoms with E-state index in [-0.39, 0.29) is 49.1 Å². The number of ether oxygens (including phenoxy) is 3. The first-order valence-electron chi connectivity index (χ1n) is 24.5. The van der Waals surface area contributed by atoms with E-state index in [4.69, 9.17) is 14.2 Å². The van der Waals surface area contributed by atoms with Crippen LogP contribution in [-0.4, -0.2) is 75.5 Å². The fourth-order valence-electron chi connectivity index (χ4n) is 7.18. The van der Waals surface area contributed by atoms with Gasteiger partial charge < -0.3 is 28.6 Å². The molecule has 0 aromatic rings. The average molecular weight is 832 g/mol. The minimum atomic E-state index is -1.13. The Hall–Kier alpha value is -2.45. The van der Waals surface area contributed by atoms with Crippen molar-refractivity contribution in [2.45, 2.75) is 231 Å². The van der Waals surface area contributed by atoms with Crippen LogP contribution in [0.5, 0.6) is 0 Å². The van der Waals surface area contributed by atoms with Crippen molar-refractivity contribution >= 4 is 17.9 Å². The molecule has 8 nitrogen and oxygen atoms in total. The molecule has 0 spiro atoms. The fourth-order valence-corrected chi connectivity index (χ4v) is 7.18. The van der Waals surface area contributed by atoms with Crippen LogP contribution in [-0.2, 0) is 28.6 Å². The number of rotatable bonds is 44. The standard InChI is InChI=1S/C51H93NO7/c1-6-8-10-12-14-16-18-20-21-22-23-24-25-26-27-28-30-31-33-35-37-39-41-49(53)58-46-47(45-57-44-43-48(51(55)56)52(3,4)5)59-50(54)42-40-38-36-34-32-29-19-17-15-13-11-9-7-2/h25-26,29,32,36,38,47-48H,6-24,27-28,30-31,33-35,37,39-46H2,1-5H3/b26-25+,32-29+,38-36+. The van der Waals surface area contributed by atoms with Gasteiger partial charge in [-0.2, -0.15) is 0 Å². The molecule has 0 fully saturated rings. The zero-order chi connectivity index (χ0) is 43.5. The normalized spacial score (nSPS) is 13.2. The van der Waals surface area contributed by atoms with Gasteiger partial charge in [-0.25, -0.2) is 0 Å². The molecule has 0 saturated heterocycles. The van der Waals surface area contributed by atoms with Crippen LogP contribution in [0.25, 0.3) is 0 Å². The maximum Gasteiger partial charge on any atom is 0.306 e. The van der Waals surface area contributed by atoms with Crippen LogP contribution in [0.4, 0.5) is 0 Å². The number of unbranched alkanes of at least 4 members (excludes halogenated alkanes) is 24. The van der Waals surface area contributed by atoms with Crippen LogP contribution in [0.2, 0.25) is 0 Å². The van der Waals surface area contributed by atoms with Gasteiger partial charge in [-0.1, -0.05) is 179 Å². The van der Waals surface area contributed by atoms with Gasteiger partial charge in [-0.15, -0.1) is 0 Å². The molecule has 2 unspecified atom stereocenters. The van der Waals surface area contributed by atoms with Gasteiger partial charge in [-0.05, 0) is 57.8 Å². The third-order valence-corrected chi connectivity index (χ3v) is 11.0. The molecule has 0 aliphatic rings. The Bertz CT molecular complexity index is 1060. The third-order valence-electron chi connectivity index (χ3n) is 11.0. The van der Waals surface area contributed by atoms with Crippen molar-refractivity contribution in [3.05, 3.63) is 36.5 Å². The lowest BCUT2D eigenvalue weighted by Gasteiger charge is -2.34. The van der Waals surface area contributed by atoms with Crippen LogP contribution in [0.3, 0.4) is 0 Å². The lowest BCUT2D eigenvalue weighted by atomic mass is 10.0. The summed E-state index contributed by atoms with van der Waals surface area (Å²) in [6.07, 6.45) is 49.1. The van der Waals surface area contributed by atoms with Gasteiger partial charge in [0.25, 0.3) is 0 Å². The minimum absolute atomic E-state index is 0.0182. The number of hydrogen-bond donors (Lipinski definition) is 0. The first kappa shape index (κ1) is 56.5. The number of allylic oxidation sites excluding steroid dienone is 6. The predicted octanol–water partition coefficient (Wildman–Crippen LogP) is 12.5. The highest BCUT2D eigenvalue weighted by atomic mass is 16.6. The van der Waals surface area contributed by atoms with Crippen molar-refractivity contribution in [1.82, 2.24) is 0 Å². The molecule has 344 valence electrons. The summed E-state index contributed by atoms with van der Waals surface area (Å²) in [5.41, 5.74) is 0. The molecule has 0 radical (unpaired) electrons. The van der Waals surface area contributed by atoms with Gasteiger partial charge in [0.2, 0.25) is 0 Å². The molecular formula is C51H93NO7. The number of nitrogens with zero attached hydrogens (tertiary/aromatic N) is 1. The summed E-state index contributed by atoms with van der Waals surface area (Å²) in [5.74, 6) is -1.82. The van der Waals surface area contributed by atoms with Crippen molar-refractivity contribution in [1.29, 1.82) is 0 Å². The average Bonchev–Trinajstić information content (AvgIpc) is 3.19. The molecule has 0 aliphatic carbocycles. The van der Waals surface area contributed by atoms with E-state index in [2.05, 4.69) is 44.2 Å². The maximum atomic E-state index is 12.7. The Morgan fingerprint density at radius 2 is 0.932 bits per heavy atom. The number of carbonyl (C=O) groups excluding carboxylic acids is 3. The smallest absolute Gasteiger partial charge is 0.306 e. The van der Waals surface area contributed by atoms with Crippen LogP contribution in [0.15, 0.2) is 36.5 Å². The molecule has 0 aromatic heterocycles. The molecule has 0 N–H and O–H groups in total. The van der Waals surface area contributed by atoms with Crippen LogP contribution < -0.4 is 5.11 Å². The zero-order valence-corrected chi connectivity index (χ0v) is 39.2. The minimum Gasteiger partial charge on any atom is -0.544 e. The Morgan fingerprint density at radius 3 is 1.39 bits per heavy atom. The fraction of sp³-hybridized carbons (Fsp3) is 0.824. The number of esters is 2. The second-order valence-electron chi connectivity index (χ2n) is 17.7. The number of quaternary nitrogens is 1. The number of likely N-dealkylation sites (N-methyl/N-ethyl adjacent to an activating group) is 1. The van der Waals surface area contributed by atoms with Crippen LogP contribution >= 0.6 is 0 Å². The Balaban J connectivity index is 4.26. The third kappa shape index (κ3) is 40.7. The maximum absolute atomic E-state index is 12.7. The van der Waals surface area contributed by atoms with Crippen LogP contribution in [0.1, 0.15) is 219 Å². The quantitative estimate of drug-likeness (QED) is 0.0261. The number of carboxylic acids is 1. The van der Waals surface area contributed by atoms with Gasteiger partial charge in [0.1, 0.15) is 12.6 Å². The molecule has 0 bridgehead atoms. The SMILES string of the molecule is CCCCCCCC/C=C/C/C=C/CCC(=O)OC(COCCC(C(=O)[O-])[N+](C)(C)C)COC(=O)CCCCCCCCC/C=C/CCCCCCCCCCCCC.